The van der Waals surface area contributed by atoms with Gasteiger partial charge in [0.05, 0.1) is 29.2 Å². The number of hydrogen-bond donors (Lipinski definition) is 1. The fourth-order valence-corrected chi connectivity index (χ4v) is 3.43. The molecule has 2 aromatic carbocycles. The van der Waals surface area contributed by atoms with E-state index >= 15 is 0 Å². The first-order valence-electron chi connectivity index (χ1n) is 9.72. The molecule has 2 heterocycles. The number of hydrogen-bond acceptors (Lipinski definition) is 4. The Balaban J connectivity index is 1.43. The van der Waals surface area contributed by atoms with Crippen LogP contribution in [-0.4, -0.2) is 27.0 Å². The van der Waals surface area contributed by atoms with E-state index in [0.717, 1.165) is 23.3 Å². The number of carbonyl (C=O) groups excluding carboxylic acids is 1. The van der Waals surface area contributed by atoms with Gasteiger partial charge in [0.1, 0.15) is 11.6 Å². The van der Waals surface area contributed by atoms with E-state index in [-0.39, 0.29) is 5.91 Å². The molecule has 0 radical (unpaired) electrons. The lowest BCUT2D eigenvalue weighted by Gasteiger charge is -2.12. The van der Waals surface area contributed by atoms with Crippen LogP contribution >= 0.6 is 11.6 Å². The van der Waals surface area contributed by atoms with E-state index in [1.54, 1.807) is 24.5 Å². The van der Waals surface area contributed by atoms with Gasteiger partial charge >= 0.3 is 0 Å². The monoisotopic (exact) mass is 420 g/mol. The first-order valence-corrected chi connectivity index (χ1v) is 10.1. The summed E-state index contributed by atoms with van der Waals surface area (Å²) in [4.78, 5) is 21.0. The maximum atomic E-state index is 12.4. The van der Waals surface area contributed by atoms with Crippen molar-refractivity contribution in [2.75, 3.05) is 6.61 Å². The molecule has 0 aliphatic rings. The van der Waals surface area contributed by atoms with Crippen LogP contribution in [0.5, 0.6) is 5.75 Å². The van der Waals surface area contributed by atoms with Gasteiger partial charge in [-0.3, -0.25) is 9.78 Å². The van der Waals surface area contributed by atoms with Crippen LogP contribution in [0.4, 0.5) is 0 Å². The Labute approximate surface area is 179 Å². The van der Waals surface area contributed by atoms with Gasteiger partial charge in [0, 0.05) is 24.5 Å². The molecule has 30 heavy (non-hydrogen) atoms. The van der Waals surface area contributed by atoms with E-state index < -0.39 is 0 Å². The van der Waals surface area contributed by atoms with Crippen LogP contribution < -0.4 is 10.1 Å². The predicted molar refractivity (Wildman–Crippen MR) is 117 cm³/mol. The fourth-order valence-electron chi connectivity index (χ4n) is 3.24. The van der Waals surface area contributed by atoms with E-state index in [1.807, 2.05) is 48.5 Å². The Bertz CT molecular complexity index is 1140. The summed E-state index contributed by atoms with van der Waals surface area (Å²) in [6, 6.07) is 18.8. The predicted octanol–water partition coefficient (Wildman–Crippen LogP) is 4.48. The zero-order valence-electron chi connectivity index (χ0n) is 16.3. The van der Waals surface area contributed by atoms with Gasteiger partial charge in [0.15, 0.2) is 0 Å². The average Bonchev–Trinajstić information content (AvgIpc) is 3.14. The van der Waals surface area contributed by atoms with Crippen LogP contribution in [0.15, 0.2) is 73.1 Å². The third kappa shape index (κ3) is 4.60. The number of benzene rings is 2. The summed E-state index contributed by atoms with van der Waals surface area (Å²) >= 11 is 6.14. The van der Waals surface area contributed by atoms with Gasteiger partial charge in [0.2, 0.25) is 0 Å². The van der Waals surface area contributed by atoms with E-state index in [9.17, 15) is 4.79 Å². The van der Waals surface area contributed by atoms with Crippen LogP contribution in [-0.2, 0) is 13.1 Å². The Kier molecular flexibility index (Phi) is 6.25. The number of imidazole rings is 1. The molecular weight excluding hydrogens is 400 g/mol. The van der Waals surface area contributed by atoms with Crippen molar-refractivity contribution in [1.82, 2.24) is 19.9 Å². The number of aryl methyl sites for hydroxylation is 1. The third-order valence-electron chi connectivity index (χ3n) is 4.70. The standard InChI is InChI=1S/C23H21ClN4O2/c24-18-6-1-4-9-21(18)30-15-5-14-28-20-8-3-2-7-19(20)27-22(28)16-26-23(29)17-10-12-25-13-11-17/h1-4,6-13H,5,14-16H2,(H,26,29). The molecule has 1 N–H and O–H groups in total. The Morgan fingerprint density at radius 2 is 1.80 bits per heavy atom. The molecule has 0 bridgehead atoms. The van der Waals surface area contributed by atoms with Gasteiger partial charge < -0.3 is 14.6 Å². The van der Waals surface area contributed by atoms with Crippen molar-refractivity contribution < 1.29 is 9.53 Å². The Hall–Kier alpha value is -3.38. The SMILES string of the molecule is O=C(NCc1nc2ccccc2n1CCCOc1ccccc1Cl)c1ccncc1. The number of halogens is 1. The molecule has 0 spiro atoms. The van der Waals surface area contributed by atoms with Crippen molar-refractivity contribution in [2.45, 2.75) is 19.5 Å². The van der Waals surface area contributed by atoms with Crippen molar-refractivity contribution in [3.8, 4) is 5.75 Å². The van der Waals surface area contributed by atoms with E-state index in [4.69, 9.17) is 21.3 Å². The molecule has 0 unspecified atom stereocenters. The molecular formula is C23H21ClN4O2. The molecule has 0 saturated carbocycles. The summed E-state index contributed by atoms with van der Waals surface area (Å²) in [6.07, 6.45) is 3.98. The molecule has 6 nitrogen and oxygen atoms in total. The molecule has 4 aromatic rings. The zero-order chi connectivity index (χ0) is 20.8. The number of pyridine rings is 1. The third-order valence-corrected chi connectivity index (χ3v) is 5.02. The second-order valence-electron chi connectivity index (χ2n) is 6.72. The average molecular weight is 421 g/mol. The van der Waals surface area contributed by atoms with E-state index in [2.05, 4.69) is 14.9 Å². The van der Waals surface area contributed by atoms with Gasteiger partial charge in [-0.1, -0.05) is 35.9 Å². The summed E-state index contributed by atoms with van der Waals surface area (Å²) < 4.78 is 7.92. The van der Waals surface area contributed by atoms with Crippen LogP contribution in [0.25, 0.3) is 11.0 Å². The maximum absolute atomic E-state index is 12.4. The van der Waals surface area contributed by atoms with Crippen LogP contribution in [0.2, 0.25) is 5.02 Å². The number of ether oxygens (including phenoxy) is 1. The second kappa shape index (κ2) is 9.41. The zero-order valence-corrected chi connectivity index (χ0v) is 17.0. The molecule has 0 aliphatic heterocycles. The molecule has 0 aliphatic carbocycles. The van der Waals surface area contributed by atoms with Gasteiger partial charge in [-0.2, -0.15) is 0 Å². The maximum Gasteiger partial charge on any atom is 0.251 e. The lowest BCUT2D eigenvalue weighted by atomic mass is 10.2. The largest absolute Gasteiger partial charge is 0.492 e. The second-order valence-corrected chi connectivity index (χ2v) is 7.13. The highest BCUT2D eigenvalue weighted by atomic mass is 35.5. The van der Waals surface area contributed by atoms with Crippen LogP contribution in [0, 0.1) is 0 Å². The van der Waals surface area contributed by atoms with E-state index in [0.29, 0.717) is 36.0 Å². The minimum Gasteiger partial charge on any atom is -0.492 e. The summed E-state index contributed by atoms with van der Waals surface area (Å²) in [5, 5.41) is 3.54. The van der Waals surface area contributed by atoms with Crippen molar-refractivity contribution in [3.63, 3.8) is 0 Å². The van der Waals surface area contributed by atoms with Crippen LogP contribution in [0.3, 0.4) is 0 Å². The lowest BCUT2D eigenvalue weighted by molar-refractivity contribution is 0.0949. The number of fused-ring (bicyclic) bond motifs is 1. The normalized spacial score (nSPS) is 10.8. The highest BCUT2D eigenvalue weighted by Crippen LogP contribution is 2.23. The minimum absolute atomic E-state index is 0.155. The minimum atomic E-state index is -0.155. The molecule has 7 heteroatoms. The number of aromatic nitrogens is 3. The highest BCUT2D eigenvalue weighted by Gasteiger charge is 2.12. The molecule has 1 amide bonds. The van der Waals surface area contributed by atoms with Crippen molar-refractivity contribution >= 4 is 28.5 Å². The van der Waals surface area contributed by atoms with Gasteiger partial charge in [-0.15, -0.1) is 0 Å². The number of nitrogens with zero attached hydrogens (tertiary/aromatic N) is 3. The quantitative estimate of drug-likeness (QED) is 0.426. The summed E-state index contributed by atoms with van der Waals surface area (Å²) in [5.41, 5.74) is 2.50. The lowest BCUT2D eigenvalue weighted by Crippen LogP contribution is -2.25. The smallest absolute Gasteiger partial charge is 0.251 e. The molecule has 2 aromatic heterocycles. The number of nitrogens with one attached hydrogen (secondary N) is 1. The summed E-state index contributed by atoms with van der Waals surface area (Å²) in [6.45, 7) is 1.58. The fraction of sp³-hybridized carbons (Fsp3) is 0.174. The highest BCUT2D eigenvalue weighted by molar-refractivity contribution is 6.32. The first kappa shape index (κ1) is 19.9. The topological polar surface area (TPSA) is 69.0 Å². The molecule has 0 saturated heterocycles. The number of carbonyl (C=O) groups is 1. The molecule has 152 valence electrons. The van der Waals surface area contributed by atoms with Gasteiger partial charge in [0.25, 0.3) is 5.91 Å². The molecule has 4 rings (SSSR count). The molecule has 0 fully saturated rings. The first-order chi connectivity index (χ1) is 14.7. The van der Waals surface area contributed by atoms with Crippen molar-refractivity contribution in [2.24, 2.45) is 0 Å². The van der Waals surface area contributed by atoms with Gasteiger partial charge in [-0.05, 0) is 42.8 Å². The van der Waals surface area contributed by atoms with E-state index in [1.165, 1.54) is 0 Å². The number of amides is 1. The number of rotatable bonds is 8. The van der Waals surface area contributed by atoms with Gasteiger partial charge in [-0.25, -0.2) is 4.98 Å². The summed E-state index contributed by atoms with van der Waals surface area (Å²) in [5.74, 6) is 1.33. The summed E-state index contributed by atoms with van der Waals surface area (Å²) in [7, 11) is 0. The van der Waals surface area contributed by atoms with Crippen molar-refractivity contribution in [1.29, 1.82) is 0 Å². The Morgan fingerprint density at radius 1 is 1.03 bits per heavy atom. The van der Waals surface area contributed by atoms with Crippen molar-refractivity contribution in [3.05, 3.63) is 89.5 Å². The number of para-hydroxylation sites is 3. The molecule has 0 atom stereocenters. The Morgan fingerprint density at radius 3 is 2.63 bits per heavy atom. The van der Waals surface area contributed by atoms with Crippen LogP contribution in [0.1, 0.15) is 22.6 Å².